The summed E-state index contributed by atoms with van der Waals surface area (Å²) in [5, 5.41) is 21.7. The van der Waals surface area contributed by atoms with Crippen LogP contribution in [0.5, 0.6) is 23.0 Å². The van der Waals surface area contributed by atoms with E-state index in [9.17, 15) is 19.8 Å². The van der Waals surface area contributed by atoms with E-state index in [1.165, 1.54) is 12.0 Å². The summed E-state index contributed by atoms with van der Waals surface area (Å²) in [5.41, 5.74) is 0.738. The molecule has 3 aromatic rings. The van der Waals surface area contributed by atoms with E-state index in [1.807, 2.05) is 10.8 Å². The van der Waals surface area contributed by atoms with Gasteiger partial charge in [0.1, 0.15) is 19.0 Å². The highest BCUT2D eigenvalue weighted by Gasteiger charge is 2.46. The molecule has 1 saturated heterocycles. The van der Waals surface area contributed by atoms with E-state index < -0.39 is 17.7 Å². The van der Waals surface area contributed by atoms with Crippen LogP contribution in [0.15, 0.2) is 59.1 Å². The lowest BCUT2D eigenvalue weighted by molar-refractivity contribution is -0.139. The van der Waals surface area contributed by atoms with Gasteiger partial charge >= 0.3 is 0 Å². The number of aryl methyl sites for hydroxylation is 1. The number of benzene rings is 2. The molecule has 2 N–H and O–H groups in total. The number of hydrogen-bond acceptors (Lipinski definition) is 8. The quantitative estimate of drug-likeness (QED) is 0.251. The Bertz CT molecular complexity index is 1390. The first-order valence-corrected chi connectivity index (χ1v) is 12.4. The lowest BCUT2D eigenvalue weighted by atomic mass is 9.94. The van der Waals surface area contributed by atoms with Crippen molar-refractivity contribution in [1.82, 2.24) is 14.5 Å². The Morgan fingerprint density at radius 1 is 1.16 bits per heavy atom. The second kappa shape index (κ2) is 10.2. The molecule has 2 aliphatic heterocycles. The fourth-order valence-corrected chi connectivity index (χ4v) is 5.01. The average molecular weight is 570 g/mol. The van der Waals surface area contributed by atoms with Gasteiger partial charge in [-0.3, -0.25) is 9.59 Å². The van der Waals surface area contributed by atoms with E-state index in [-0.39, 0.29) is 29.4 Å². The van der Waals surface area contributed by atoms with Gasteiger partial charge in [0, 0.05) is 31.0 Å². The molecule has 3 heterocycles. The molecule has 37 heavy (non-hydrogen) atoms. The zero-order valence-electron chi connectivity index (χ0n) is 19.9. The lowest BCUT2D eigenvalue weighted by Gasteiger charge is -2.26. The van der Waals surface area contributed by atoms with Crippen LogP contribution in [-0.4, -0.2) is 63.2 Å². The average Bonchev–Trinajstić information content (AvgIpc) is 3.52. The zero-order valence-corrected chi connectivity index (χ0v) is 21.5. The minimum atomic E-state index is -0.915. The first-order valence-electron chi connectivity index (χ1n) is 11.6. The number of aromatic hydroxyl groups is 1. The first kappa shape index (κ1) is 24.7. The predicted octanol–water partition coefficient (Wildman–Crippen LogP) is 3.64. The molecule has 2 aromatic carbocycles. The van der Waals surface area contributed by atoms with Crippen molar-refractivity contribution in [1.29, 1.82) is 0 Å². The van der Waals surface area contributed by atoms with Gasteiger partial charge < -0.3 is 33.9 Å². The molecule has 1 aromatic heterocycles. The molecular weight excluding hydrogens is 546 g/mol. The third kappa shape index (κ3) is 4.62. The number of Topliss-reactive ketones (excluding diaryl/α,β-unsaturated/α-hetero) is 1. The summed E-state index contributed by atoms with van der Waals surface area (Å²) >= 11 is 3.32. The molecule has 10 nitrogen and oxygen atoms in total. The van der Waals surface area contributed by atoms with Crippen LogP contribution in [0.4, 0.5) is 0 Å². The number of aliphatic hydroxyl groups is 1. The van der Waals surface area contributed by atoms with Gasteiger partial charge in [0.05, 0.1) is 29.5 Å². The number of imidazole rings is 1. The Morgan fingerprint density at radius 2 is 1.95 bits per heavy atom. The number of halogens is 1. The Hall–Kier alpha value is -3.99. The molecule has 192 valence electrons. The molecular formula is C26H24BrN3O7. The van der Waals surface area contributed by atoms with Crippen LogP contribution in [0.25, 0.3) is 5.76 Å². The largest absolute Gasteiger partial charge is 0.507 e. The summed E-state index contributed by atoms with van der Waals surface area (Å²) in [6, 6.07) is 7.09. The highest BCUT2D eigenvalue weighted by molar-refractivity contribution is 9.10. The second-order valence-electron chi connectivity index (χ2n) is 8.56. The Morgan fingerprint density at radius 3 is 2.68 bits per heavy atom. The molecule has 1 amide bonds. The van der Waals surface area contributed by atoms with Crippen LogP contribution < -0.4 is 14.2 Å². The molecule has 1 unspecified atom stereocenters. The predicted molar refractivity (Wildman–Crippen MR) is 136 cm³/mol. The van der Waals surface area contributed by atoms with E-state index >= 15 is 0 Å². The molecule has 5 rings (SSSR count). The lowest BCUT2D eigenvalue weighted by Crippen LogP contribution is -2.31. The number of ketones is 1. The maximum absolute atomic E-state index is 13.3. The van der Waals surface area contributed by atoms with E-state index in [2.05, 4.69) is 20.9 Å². The van der Waals surface area contributed by atoms with Crippen LogP contribution in [0.3, 0.4) is 0 Å². The summed E-state index contributed by atoms with van der Waals surface area (Å²) in [6.45, 7) is 1.60. The van der Waals surface area contributed by atoms with Crippen molar-refractivity contribution in [3.8, 4) is 23.0 Å². The third-order valence-corrected chi connectivity index (χ3v) is 6.92. The summed E-state index contributed by atoms with van der Waals surface area (Å²) in [7, 11) is 1.41. The van der Waals surface area contributed by atoms with Crippen molar-refractivity contribution >= 4 is 33.4 Å². The van der Waals surface area contributed by atoms with Crippen LogP contribution in [0.2, 0.25) is 0 Å². The second-order valence-corrected chi connectivity index (χ2v) is 9.41. The van der Waals surface area contributed by atoms with Gasteiger partial charge in [0.25, 0.3) is 11.7 Å². The Balaban J connectivity index is 1.59. The topological polar surface area (TPSA) is 123 Å². The van der Waals surface area contributed by atoms with Crippen LogP contribution in [0.1, 0.15) is 23.6 Å². The van der Waals surface area contributed by atoms with Crippen LogP contribution in [0, 0.1) is 0 Å². The van der Waals surface area contributed by atoms with Crippen molar-refractivity contribution < 1.29 is 34.0 Å². The number of methoxy groups -OCH3 is 1. The molecule has 0 radical (unpaired) electrons. The van der Waals surface area contributed by atoms with Gasteiger partial charge in [-0.15, -0.1) is 0 Å². The van der Waals surface area contributed by atoms with E-state index in [0.717, 1.165) is 0 Å². The number of nitrogens with zero attached hydrogens (tertiary/aromatic N) is 3. The van der Waals surface area contributed by atoms with Gasteiger partial charge in [-0.05, 0) is 58.2 Å². The van der Waals surface area contributed by atoms with E-state index in [4.69, 9.17) is 14.2 Å². The Labute approximate surface area is 220 Å². The monoisotopic (exact) mass is 569 g/mol. The molecule has 11 heteroatoms. The van der Waals surface area contributed by atoms with E-state index in [1.54, 1.807) is 42.9 Å². The number of rotatable bonds is 7. The standard InChI is InChI=1S/C26H24BrN3O7/c1-35-20-13-16(11-17(27)24(20)32)22-21(23(31)15-3-4-18-19(12-15)37-10-9-36-18)25(33)26(34)30(22)7-2-6-29-8-5-28-14-29/h3-5,8,11-14,22,31-32H,2,6-7,9-10H2,1H3. The van der Waals surface area contributed by atoms with Gasteiger partial charge in [-0.25, -0.2) is 4.98 Å². The third-order valence-electron chi connectivity index (χ3n) is 6.32. The molecule has 0 saturated carbocycles. The summed E-state index contributed by atoms with van der Waals surface area (Å²) in [5.74, 6) is -0.841. The number of ether oxygens (including phenoxy) is 3. The maximum Gasteiger partial charge on any atom is 0.295 e. The normalized spacial score (nSPS) is 18.3. The van der Waals surface area contributed by atoms with Crippen molar-refractivity contribution in [2.75, 3.05) is 26.9 Å². The number of aliphatic hydroxyl groups excluding tert-OH is 1. The highest BCUT2D eigenvalue weighted by atomic mass is 79.9. The molecule has 1 atom stereocenters. The number of aromatic nitrogens is 2. The number of fused-ring (bicyclic) bond motifs is 1. The van der Waals surface area contributed by atoms with Crippen LogP contribution >= 0.6 is 15.9 Å². The summed E-state index contributed by atoms with van der Waals surface area (Å²) in [6.07, 6.45) is 5.70. The molecule has 0 spiro atoms. The number of likely N-dealkylation sites (tertiary alicyclic amines) is 1. The van der Waals surface area contributed by atoms with Gasteiger partial charge in [-0.1, -0.05) is 0 Å². The minimum Gasteiger partial charge on any atom is -0.507 e. The van der Waals surface area contributed by atoms with Gasteiger partial charge in [0.2, 0.25) is 0 Å². The van der Waals surface area contributed by atoms with Crippen molar-refractivity contribution in [3.63, 3.8) is 0 Å². The van der Waals surface area contributed by atoms with E-state index in [0.29, 0.717) is 53.3 Å². The SMILES string of the molecule is COc1cc(C2C(=C(O)c3ccc4c(c3)OCCO4)C(=O)C(=O)N2CCCn2ccnc2)cc(Br)c1O. The van der Waals surface area contributed by atoms with Crippen LogP contribution in [-0.2, 0) is 16.1 Å². The highest BCUT2D eigenvalue weighted by Crippen LogP contribution is 2.45. The summed E-state index contributed by atoms with van der Waals surface area (Å²) < 4.78 is 18.7. The number of phenolic OH excluding ortho intramolecular Hbond substituents is 1. The molecule has 0 aliphatic carbocycles. The fourth-order valence-electron chi connectivity index (χ4n) is 4.55. The van der Waals surface area contributed by atoms with Crippen molar-refractivity contribution in [3.05, 3.63) is 70.2 Å². The minimum absolute atomic E-state index is 0.0658. The Kier molecular flexibility index (Phi) is 6.79. The fraction of sp³-hybridized carbons (Fsp3) is 0.269. The maximum atomic E-state index is 13.3. The number of amides is 1. The smallest absolute Gasteiger partial charge is 0.295 e. The number of hydrogen-bond donors (Lipinski definition) is 2. The number of phenols is 1. The number of carbonyl (C=O) groups is 2. The van der Waals surface area contributed by atoms with Crippen molar-refractivity contribution in [2.24, 2.45) is 0 Å². The van der Waals surface area contributed by atoms with Gasteiger partial charge in [0.15, 0.2) is 23.0 Å². The molecule has 1 fully saturated rings. The van der Waals surface area contributed by atoms with Gasteiger partial charge in [-0.2, -0.15) is 0 Å². The first-order chi connectivity index (χ1) is 17.9. The summed E-state index contributed by atoms with van der Waals surface area (Å²) in [4.78, 5) is 32.0. The molecule has 2 aliphatic rings. The molecule has 0 bridgehead atoms. The zero-order chi connectivity index (χ0) is 26.1. The number of carbonyl (C=O) groups excluding carboxylic acids is 2. The van der Waals surface area contributed by atoms with Crippen molar-refractivity contribution in [2.45, 2.75) is 19.0 Å².